The quantitative estimate of drug-likeness (QED) is 0.250. The summed E-state index contributed by atoms with van der Waals surface area (Å²) in [6.45, 7) is 5.21. The predicted molar refractivity (Wildman–Crippen MR) is 160 cm³/mol. The number of H-pyrrole nitrogens is 1. The van der Waals surface area contributed by atoms with Crippen LogP contribution in [0.25, 0.3) is 39.6 Å². The number of rotatable bonds is 6. The van der Waals surface area contributed by atoms with E-state index in [4.69, 9.17) is 5.10 Å². The van der Waals surface area contributed by atoms with Gasteiger partial charge in [-0.2, -0.15) is 14.7 Å². The molecule has 6 rings (SSSR count). The van der Waals surface area contributed by atoms with E-state index in [2.05, 4.69) is 29.9 Å². The maximum absolute atomic E-state index is 13.7. The molecule has 206 valence electrons. The summed E-state index contributed by atoms with van der Waals surface area (Å²) in [6, 6.07) is 26.5. The van der Waals surface area contributed by atoms with Gasteiger partial charge < -0.3 is 4.98 Å². The molecule has 0 radical (unpaired) electrons. The van der Waals surface area contributed by atoms with E-state index in [-0.39, 0.29) is 4.90 Å². The van der Waals surface area contributed by atoms with Crippen LogP contribution < -0.4 is 0 Å². The van der Waals surface area contributed by atoms with Gasteiger partial charge in [-0.1, -0.05) is 56.3 Å². The van der Waals surface area contributed by atoms with Crippen LogP contribution in [0.5, 0.6) is 0 Å². The molecule has 1 aliphatic heterocycles. The molecule has 8 nitrogen and oxygen atoms in total. The number of hydrogen-bond donors (Lipinski definition) is 1. The number of aromatic nitrogens is 4. The number of piperidine rings is 1. The maximum atomic E-state index is 13.7. The van der Waals surface area contributed by atoms with Crippen LogP contribution in [0.1, 0.15) is 31.7 Å². The molecule has 2 unspecified atom stereocenters. The van der Waals surface area contributed by atoms with Gasteiger partial charge in [0.1, 0.15) is 17.6 Å². The molecule has 0 bridgehead atoms. The molecule has 1 saturated heterocycles. The molecule has 41 heavy (non-hydrogen) atoms. The summed E-state index contributed by atoms with van der Waals surface area (Å²) >= 11 is 0. The van der Waals surface area contributed by atoms with Gasteiger partial charge in [-0.25, -0.2) is 18.1 Å². The average Bonchev–Trinajstić information content (AvgIpc) is 3.60. The third-order valence-electron chi connectivity index (χ3n) is 7.41. The van der Waals surface area contributed by atoms with Crippen LogP contribution in [0, 0.1) is 23.2 Å². The molecule has 5 aromatic rings. The van der Waals surface area contributed by atoms with Crippen LogP contribution in [-0.2, 0) is 10.0 Å². The van der Waals surface area contributed by atoms with Crippen molar-refractivity contribution < 1.29 is 8.42 Å². The minimum absolute atomic E-state index is 0.235. The molecule has 1 N–H and O–H groups in total. The molecule has 1 fully saturated rings. The van der Waals surface area contributed by atoms with E-state index in [1.165, 1.54) is 0 Å². The zero-order chi connectivity index (χ0) is 28.6. The fourth-order valence-corrected chi connectivity index (χ4v) is 7.30. The lowest BCUT2D eigenvalue weighted by Crippen LogP contribution is -2.42. The zero-order valence-corrected chi connectivity index (χ0v) is 23.7. The van der Waals surface area contributed by atoms with E-state index in [1.54, 1.807) is 33.3 Å². The minimum Gasteiger partial charge on any atom is -0.337 e. The molecule has 3 heterocycles. The van der Waals surface area contributed by atoms with Gasteiger partial charge in [-0.3, -0.25) is 0 Å². The molecule has 9 heteroatoms. The predicted octanol–water partition coefficient (Wildman–Crippen LogP) is 6.15. The van der Waals surface area contributed by atoms with E-state index >= 15 is 0 Å². The van der Waals surface area contributed by atoms with E-state index in [1.807, 2.05) is 66.9 Å². The van der Waals surface area contributed by atoms with E-state index < -0.39 is 10.0 Å². The van der Waals surface area contributed by atoms with Crippen molar-refractivity contribution in [1.29, 1.82) is 5.26 Å². The summed E-state index contributed by atoms with van der Waals surface area (Å²) in [5.41, 5.74) is 4.67. The highest BCUT2D eigenvalue weighted by molar-refractivity contribution is 7.89. The van der Waals surface area contributed by atoms with Gasteiger partial charge in [-0.05, 0) is 60.7 Å². The molecule has 0 amide bonds. The molecule has 2 aromatic heterocycles. The van der Waals surface area contributed by atoms with Gasteiger partial charge in [0.2, 0.25) is 10.0 Å². The number of imidazole rings is 1. The number of nitriles is 1. The first-order chi connectivity index (χ1) is 19.8. The number of hydrogen-bond acceptors (Lipinski definition) is 5. The second kappa shape index (κ2) is 10.8. The molecular formula is C32H30N6O2S. The van der Waals surface area contributed by atoms with Crippen molar-refractivity contribution >= 4 is 32.7 Å². The first-order valence-corrected chi connectivity index (χ1v) is 15.1. The van der Waals surface area contributed by atoms with Crippen LogP contribution in [0.3, 0.4) is 0 Å². The summed E-state index contributed by atoms with van der Waals surface area (Å²) in [4.78, 5) is 8.06. The van der Waals surface area contributed by atoms with Gasteiger partial charge in [0.15, 0.2) is 0 Å². The Labute approximate surface area is 239 Å². The number of benzene rings is 3. The Morgan fingerprint density at radius 2 is 1.73 bits per heavy atom. The Balaban J connectivity index is 1.46. The summed E-state index contributed by atoms with van der Waals surface area (Å²) in [7, 11) is -3.69. The number of nitrogens with one attached hydrogen (secondary N) is 1. The number of fused-ring (bicyclic) bond motifs is 1. The number of sulfonamides is 1. The maximum Gasteiger partial charge on any atom is 0.243 e. The molecule has 2 atom stereocenters. The van der Waals surface area contributed by atoms with Crippen molar-refractivity contribution in [2.45, 2.75) is 25.2 Å². The monoisotopic (exact) mass is 562 g/mol. The topological polar surface area (TPSA) is 108 Å². The van der Waals surface area contributed by atoms with Crippen LogP contribution in [0.15, 0.2) is 90.0 Å². The van der Waals surface area contributed by atoms with Crippen LogP contribution in [0.4, 0.5) is 0 Å². The standard InChI is InChI=1S/C32H30N6O2S/c1-22-15-23(2)20-37(19-22)41(39,40)28-12-8-9-24(17-28)31-26(21-38(36-31)27-10-4-3-5-11-27)16-25(18-33)32-34-29-13-6-7-14-30(29)35-32/h3-14,16-17,21-23H,15,19-20H2,1-2H3,(H,34,35)/b25-16-. The lowest BCUT2D eigenvalue weighted by atomic mass is 9.94. The van der Waals surface area contributed by atoms with Crippen LogP contribution >= 0.6 is 0 Å². The largest absolute Gasteiger partial charge is 0.337 e. The fraction of sp³-hybridized carbons (Fsp3) is 0.219. The fourth-order valence-electron chi connectivity index (χ4n) is 5.57. The highest BCUT2D eigenvalue weighted by atomic mass is 32.2. The number of para-hydroxylation sites is 3. The van der Waals surface area contributed by atoms with Gasteiger partial charge in [0.05, 0.1) is 27.2 Å². The molecule has 1 aliphatic rings. The van der Waals surface area contributed by atoms with Crippen molar-refractivity contribution in [1.82, 2.24) is 24.1 Å². The van der Waals surface area contributed by atoms with Gasteiger partial charge in [0, 0.05) is 30.4 Å². The van der Waals surface area contributed by atoms with Gasteiger partial charge in [-0.15, -0.1) is 0 Å². The minimum atomic E-state index is -3.69. The van der Waals surface area contributed by atoms with Gasteiger partial charge >= 0.3 is 0 Å². The SMILES string of the molecule is CC1CC(C)CN(S(=O)(=O)c2cccc(-c3nn(-c4ccccc4)cc3/C=C(/C#N)c3nc4ccccc4[nH]3)c2)C1. The average molecular weight is 563 g/mol. The summed E-state index contributed by atoms with van der Waals surface area (Å²) in [6.07, 6.45) is 4.61. The lowest BCUT2D eigenvalue weighted by Gasteiger charge is -2.34. The second-order valence-corrected chi connectivity index (χ2v) is 12.7. The van der Waals surface area contributed by atoms with Crippen molar-refractivity contribution in [3.05, 3.63) is 96.4 Å². The van der Waals surface area contributed by atoms with Crippen molar-refractivity contribution in [2.75, 3.05) is 13.1 Å². The van der Waals surface area contributed by atoms with E-state index in [0.717, 1.165) is 23.1 Å². The number of allylic oxidation sites excluding steroid dienone is 1. The summed E-state index contributed by atoms with van der Waals surface area (Å²) < 4.78 is 30.7. The van der Waals surface area contributed by atoms with Crippen molar-refractivity contribution in [2.24, 2.45) is 11.8 Å². The second-order valence-electron chi connectivity index (χ2n) is 10.8. The summed E-state index contributed by atoms with van der Waals surface area (Å²) in [5.74, 6) is 1.06. The summed E-state index contributed by atoms with van der Waals surface area (Å²) in [5, 5.41) is 15.0. The van der Waals surface area contributed by atoms with E-state index in [9.17, 15) is 13.7 Å². The molecule has 0 spiro atoms. The molecular weight excluding hydrogens is 532 g/mol. The number of aromatic amines is 1. The Hall–Kier alpha value is -4.52. The Bertz CT molecular complexity index is 1860. The molecule has 0 aliphatic carbocycles. The number of nitrogens with zero attached hydrogens (tertiary/aromatic N) is 5. The Morgan fingerprint density at radius 3 is 2.46 bits per heavy atom. The first kappa shape index (κ1) is 26.7. The van der Waals surface area contributed by atoms with Crippen molar-refractivity contribution in [3.8, 4) is 23.0 Å². The smallest absolute Gasteiger partial charge is 0.243 e. The molecule has 3 aromatic carbocycles. The van der Waals surface area contributed by atoms with Crippen molar-refractivity contribution in [3.63, 3.8) is 0 Å². The normalized spacial score (nSPS) is 18.4. The molecule has 0 saturated carbocycles. The third kappa shape index (κ3) is 5.32. The highest BCUT2D eigenvalue weighted by Crippen LogP contribution is 2.32. The first-order valence-electron chi connectivity index (χ1n) is 13.6. The zero-order valence-electron chi connectivity index (χ0n) is 22.9. The Kier molecular flexibility index (Phi) is 7.03. The third-order valence-corrected chi connectivity index (χ3v) is 9.24. The van der Waals surface area contributed by atoms with Crippen LogP contribution in [0.2, 0.25) is 0 Å². The van der Waals surface area contributed by atoms with Crippen LogP contribution in [-0.4, -0.2) is 45.6 Å². The lowest BCUT2D eigenvalue weighted by molar-refractivity contribution is 0.222. The Morgan fingerprint density at radius 1 is 1.00 bits per heavy atom. The van der Waals surface area contributed by atoms with E-state index in [0.29, 0.717) is 53.1 Å². The highest BCUT2D eigenvalue weighted by Gasteiger charge is 2.32. The van der Waals surface area contributed by atoms with Gasteiger partial charge in [0.25, 0.3) is 0 Å².